The second-order valence-electron chi connectivity index (χ2n) is 8.81. The molecule has 0 atom stereocenters. The summed E-state index contributed by atoms with van der Waals surface area (Å²) in [5, 5.41) is 1.70. The maximum atomic E-state index is 15.9. The third-order valence-corrected chi connectivity index (χ3v) is 6.53. The summed E-state index contributed by atoms with van der Waals surface area (Å²) in [7, 11) is 0. The lowest BCUT2D eigenvalue weighted by molar-refractivity contribution is 0.580. The van der Waals surface area contributed by atoms with Gasteiger partial charge in [-0.2, -0.15) is 0 Å². The molecule has 1 aliphatic carbocycles. The molecular formula is C26H20F3N5. The zero-order valence-electron chi connectivity index (χ0n) is 18.3. The van der Waals surface area contributed by atoms with Crippen LogP contribution in [0, 0.1) is 24.4 Å². The van der Waals surface area contributed by atoms with Gasteiger partial charge < -0.3 is 10.3 Å². The van der Waals surface area contributed by atoms with Crippen molar-refractivity contribution in [2.24, 2.45) is 0 Å². The van der Waals surface area contributed by atoms with Crippen LogP contribution in [0.15, 0.2) is 49.1 Å². The van der Waals surface area contributed by atoms with Crippen molar-refractivity contribution in [1.82, 2.24) is 19.5 Å². The first-order valence-corrected chi connectivity index (χ1v) is 11.0. The van der Waals surface area contributed by atoms with E-state index in [-0.39, 0.29) is 6.42 Å². The highest BCUT2D eigenvalue weighted by Gasteiger charge is 2.28. The number of hydrogen-bond acceptors (Lipinski definition) is 4. The molecule has 170 valence electrons. The molecule has 2 aromatic carbocycles. The van der Waals surface area contributed by atoms with Gasteiger partial charge in [0.1, 0.15) is 35.2 Å². The Morgan fingerprint density at radius 2 is 1.74 bits per heavy atom. The molecule has 0 spiro atoms. The zero-order valence-corrected chi connectivity index (χ0v) is 18.3. The third-order valence-electron chi connectivity index (χ3n) is 6.53. The van der Waals surface area contributed by atoms with Crippen molar-refractivity contribution in [1.29, 1.82) is 0 Å². The van der Waals surface area contributed by atoms with Gasteiger partial charge in [-0.05, 0) is 48.4 Å². The second-order valence-corrected chi connectivity index (χ2v) is 8.81. The average Bonchev–Trinajstić information content (AvgIpc) is 3.56. The molecule has 3 heterocycles. The predicted molar refractivity (Wildman–Crippen MR) is 125 cm³/mol. The van der Waals surface area contributed by atoms with Gasteiger partial charge in [-0.3, -0.25) is 4.98 Å². The number of hydrogen-bond donors (Lipinski definition) is 1. The van der Waals surface area contributed by atoms with Gasteiger partial charge >= 0.3 is 0 Å². The predicted octanol–water partition coefficient (Wildman–Crippen LogP) is 5.88. The van der Waals surface area contributed by atoms with Crippen LogP contribution in [0.3, 0.4) is 0 Å². The fraction of sp³-hybridized carbons (Fsp3) is 0.192. The topological polar surface area (TPSA) is 69.6 Å². The molecule has 0 bridgehead atoms. The summed E-state index contributed by atoms with van der Waals surface area (Å²) in [4.78, 5) is 13.0. The summed E-state index contributed by atoms with van der Waals surface area (Å²) in [6.07, 6.45) is 7.15. The van der Waals surface area contributed by atoms with Crippen LogP contribution in [0.4, 0.5) is 19.0 Å². The number of halogens is 3. The first-order valence-electron chi connectivity index (χ1n) is 11.0. The molecule has 5 nitrogen and oxygen atoms in total. The lowest BCUT2D eigenvalue weighted by Crippen LogP contribution is -2.00. The van der Waals surface area contributed by atoms with Crippen LogP contribution < -0.4 is 5.73 Å². The van der Waals surface area contributed by atoms with Crippen LogP contribution >= 0.6 is 0 Å². The number of aryl methyl sites for hydroxylation is 1. The van der Waals surface area contributed by atoms with E-state index in [0.29, 0.717) is 56.0 Å². The summed E-state index contributed by atoms with van der Waals surface area (Å²) in [5.41, 5.74) is 9.79. The van der Waals surface area contributed by atoms with Gasteiger partial charge in [-0.25, -0.2) is 23.1 Å². The van der Waals surface area contributed by atoms with Crippen LogP contribution in [0.2, 0.25) is 0 Å². The number of pyridine rings is 1. The molecule has 0 radical (unpaired) electrons. The Hall–Kier alpha value is -3.94. The van der Waals surface area contributed by atoms with E-state index in [1.54, 1.807) is 6.07 Å². The van der Waals surface area contributed by atoms with Crippen molar-refractivity contribution >= 4 is 27.6 Å². The Kier molecular flexibility index (Phi) is 4.58. The molecule has 0 unspecified atom stereocenters. The van der Waals surface area contributed by atoms with E-state index in [0.717, 1.165) is 24.5 Å². The minimum absolute atomic E-state index is 0.239. The van der Waals surface area contributed by atoms with E-state index in [1.165, 1.54) is 24.7 Å². The molecule has 0 saturated heterocycles. The third kappa shape index (κ3) is 3.29. The Bertz CT molecular complexity index is 1580. The monoisotopic (exact) mass is 459 g/mol. The van der Waals surface area contributed by atoms with Crippen LogP contribution in [0.25, 0.3) is 32.9 Å². The number of aromatic nitrogens is 4. The highest BCUT2D eigenvalue weighted by Crippen LogP contribution is 2.43. The normalized spacial score (nSPS) is 13.8. The zero-order chi connectivity index (χ0) is 23.6. The highest BCUT2D eigenvalue weighted by atomic mass is 19.1. The van der Waals surface area contributed by atoms with Gasteiger partial charge in [0.2, 0.25) is 0 Å². The molecule has 2 N–H and O–H groups in total. The van der Waals surface area contributed by atoms with E-state index in [2.05, 4.69) is 19.5 Å². The van der Waals surface area contributed by atoms with Crippen molar-refractivity contribution in [2.75, 3.05) is 5.73 Å². The number of nitrogen functional groups attached to an aromatic ring is 1. The van der Waals surface area contributed by atoms with Gasteiger partial charge in [-0.1, -0.05) is 12.1 Å². The maximum absolute atomic E-state index is 15.9. The van der Waals surface area contributed by atoms with Gasteiger partial charge in [0.05, 0.1) is 5.39 Å². The number of anilines is 1. The van der Waals surface area contributed by atoms with E-state index >= 15 is 4.39 Å². The molecular weight excluding hydrogens is 439 g/mol. The standard InChI is InChI=1S/C26H20F3N5/c1-13-18-4-5-19(21-11-34(17-2-3-17)26-23(21)25(30)32-12-33-26)24(29)20(18)10-31-22(13)8-14-6-15(27)9-16(28)7-14/h4-7,9-12,17H,2-3,8H2,1H3,(H2,30,32,33). The van der Waals surface area contributed by atoms with Crippen molar-refractivity contribution in [3.05, 3.63) is 83.3 Å². The van der Waals surface area contributed by atoms with Gasteiger partial charge in [0.25, 0.3) is 0 Å². The molecule has 1 fully saturated rings. The molecule has 3 aromatic heterocycles. The summed E-state index contributed by atoms with van der Waals surface area (Å²) < 4.78 is 45.1. The quantitative estimate of drug-likeness (QED) is 0.364. The molecule has 0 aliphatic heterocycles. The first kappa shape index (κ1) is 20.7. The van der Waals surface area contributed by atoms with E-state index < -0.39 is 17.5 Å². The molecule has 5 aromatic rings. The van der Waals surface area contributed by atoms with Gasteiger partial charge in [0.15, 0.2) is 0 Å². The van der Waals surface area contributed by atoms with Crippen molar-refractivity contribution in [3.63, 3.8) is 0 Å². The number of fused-ring (bicyclic) bond motifs is 2. The Labute approximate surface area is 193 Å². The fourth-order valence-electron chi connectivity index (χ4n) is 4.68. The number of benzene rings is 2. The number of rotatable bonds is 4. The Morgan fingerprint density at radius 3 is 2.47 bits per heavy atom. The first-order chi connectivity index (χ1) is 16.4. The van der Waals surface area contributed by atoms with E-state index in [4.69, 9.17) is 5.73 Å². The summed E-state index contributed by atoms with van der Waals surface area (Å²) >= 11 is 0. The van der Waals surface area contributed by atoms with E-state index in [1.807, 2.05) is 19.2 Å². The number of nitrogens with zero attached hydrogens (tertiary/aromatic N) is 4. The lowest BCUT2D eigenvalue weighted by atomic mass is 9.97. The van der Waals surface area contributed by atoms with Crippen molar-refractivity contribution in [2.45, 2.75) is 32.2 Å². The van der Waals surface area contributed by atoms with Crippen LogP contribution in [0.1, 0.15) is 35.7 Å². The minimum Gasteiger partial charge on any atom is -0.383 e. The molecule has 8 heteroatoms. The molecule has 0 amide bonds. The Morgan fingerprint density at radius 1 is 0.971 bits per heavy atom. The lowest BCUT2D eigenvalue weighted by Gasteiger charge is -2.12. The Balaban J connectivity index is 1.48. The van der Waals surface area contributed by atoms with Crippen molar-refractivity contribution in [3.8, 4) is 11.1 Å². The summed E-state index contributed by atoms with van der Waals surface area (Å²) in [5.74, 6) is -1.38. The van der Waals surface area contributed by atoms with Gasteiger partial charge in [-0.15, -0.1) is 0 Å². The maximum Gasteiger partial charge on any atom is 0.146 e. The molecule has 34 heavy (non-hydrogen) atoms. The van der Waals surface area contributed by atoms with E-state index in [9.17, 15) is 8.78 Å². The van der Waals surface area contributed by atoms with Crippen molar-refractivity contribution < 1.29 is 13.2 Å². The SMILES string of the molecule is Cc1c(Cc2cc(F)cc(F)c2)ncc2c(F)c(-c3cn(C4CC4)c4ncnc(N)c34)ccc12. The highest BCUT2D eigenvalue weighted by molar-refractivity contribution is 6.03. The molecule has 1 saturated carbocycles. The van der Waals surface area contributed by atoms with Crippen LogP contribution in [-0.2, 0) is 6.42 Å². The minimum atomic E-state index is -0.641. The van der Waals surface area contributed by atoms with Crippen LogP contribution in [-0.4, -0.2) is 19.5 Å². The smallest absolute Gasteiger partial charge is 0.146 e. The van der Waals surface area contributed by atoms with Crippen LogP contribution in [0.5, 0.6) is 0 Å². The fourth-order valence-corrected chi connectivity index (χ4v) is 4.68. The largest absolute Gasteiger partial charge is 0.383 e. The molecule has 6 rings (SSSR count). The number of nitrogens with two attached hydrogens (primary N) is 1. The summed E-state index contributed by atoms with van der Waals surface area (Å²) in [6, 6.07) is 7.31. The summed E-state index contributed by atoms with van der Waals surface area (Å²) in [6.45, 7) is 1.84. The second kappa shape index (κ2) is 7.55. The average molecular weight is 459 g/mol. The molecule has 1 aliphatic rings. The van der Waals surface area contributed by atoms with Gasteiger partial charge in [0, 0.05) is 53.1 Å².